The minimum Gasteiger partial charge on any atom is -0.383 e. The fourth-order valence-corrected chi connectivity index (χ4v) is 4.53. The van der Waals surface area contributed by atoms with Gasteiger partial charge in [-0.25, -0.2) is 9.97 Å². The normalized spacial score (nSPS) is 12.8. The van der Waals surface area contributed by atoms with Crippen molar-refractivity contribution in [1.29, 1.82) is 0 Å². The fraction of sp³-hybridized carbons (Fsp3) is 0.138. The van der Waals surface area contributed by atoms with Gasteiger partial charge in [0.2, 0.25) is 0 Å². The van der Waals surface area contributed by atoms with E-state index >= 15 is 0 Å². The van der Waals surface area contributed by atoms with Gasteiger partial charge in [-0.15, -0.1) is 0 Å². The second kappa shape index (κ2) is 9.56. The summed E-state index contributed by atoms with van der Waals surface area (Å²) in [4.78, 5) is 47.9. The molecule has 0 atom stereocenters. The zero-order valence-corrected chi connectivity index (χ0v) is 21.1. The number of rotatable bonds is 6. The highest BCUT2D eigenvalue weighted by molar-refractivity contribution is 6.06. The van der Waals surface area contributed by atoms with Crippen LogP contribution >= 0.6 is 0 Å². The number of aromatic nitrogens is 4. The lowest BCUT2D eigenvalue weighted by Gasteiger charge is -2.12. The number of nitrogens with one attached hydrogen (secondary N) is 2. The van der Waals surface area contributed by atoms with Gasteiger partial charge in [0.15, 0.2) is 0 Å². The Morgan fingerprint density at radius 1 is 0.974 bits per heavy atom. The van der Waals surface area contributed by atoms with Crippen LogP contribution in [0.4, 0.5) is 11.5 Å². The molecule has 10 nitrogen and oxygen atoms in total. The Bertz CT molecular complexity index is 1790. The number of fused-ring (bicyclic) bond motifs is 1. The highest BCUT2D eigenvalue weighted by atomic mass is 16.2. The number of carbonyl (C=O) groups is 2. The van der Waals surface area contributed by atoms with Crippen LogP contribution in [0, 0.1) is 0 Å². The predicted molar refractivity (Wildman–Crippen MR) is 149 cm³/mol. The molecule has 194 valence electrons. The molecule has 5 aromatic rings. The van der Waals surface area contributed by atoms with Crippen molar-refractivity contribution in [3.8, 4) is 16.8 Å². The summed E-state index contributed by atoms with van der Waals surface area (Å²) in [6.07, 6.45) is 6.67. The summed E-state index contributed by atoms with van der Waals surface area (Å²) < 4.78 is 3.20. The fourth-order valence-electron chi connectivity index (χ4n) is 4.53. The second-order valence-electron chi connectivity index (χ2n) is 9.54. The molecule has 0 saturated heterocycles. The first-order valence-corrected chi connectivity index (χ1v) is 12.5. The molecule has 6 rings (SSSR count). The lowest BCUT2D eigenvalue weighted by atomic mass is 10.1. The number of amides is 2. The number of aryl methyl sites for hydroxylation is 1. The Kier molecular flexibility index (Phi) is 5.91. The van der Waals surface area contributed by atoms with E-state index in [1.165, 1.54) is 23.2 Å². The molecule has 1 aliphatic rings. The maximum Gasteiger partial charge on any atom is 0.267 e. The van der Waals surface area contributed by atoms with Crippen molar-refractivity contribution in [3.63, 3.8) is 0 Å². The number of benzene rings is 2. The van der Waals surface area contributed by atoms with Gasteiger partial charge >= 0.3 is 0 Å². The van der Waals surface area contributed by atoms with E-state index in [4.69, 9.17) is 5.73 Å². The van der Waals surface area contributed by atoms with Gasteiger partial charge in [0.25, 0.3) is 17.4 Å². The average molecular weight is 520 g/mol. The largest absolute Gasteiger partial charge is 0.383 e. The number of anilines is 2. The first kappa shape index (κ1) is 24.1. The number of hydrogen-bond donors (Lipinski definition) is 3. The number of pyridine rings is 1. The highest BCUT2D eigenvalue weighted by Gasteiger charge is 2.25. The van der Waals surface area contributed by atoms with E-state index in [9.17, 15) is 14.4 Å². The molecule has 39 heavy (non-hydrogen) atoms. The van der Waals surface area contributed by atoms with Crippen LogP contribution in [-0.2, 0) is 7.05 Å². The monoisotopic (exact) mass is 519 g/mol. The summed E-state index contributed by atoms with van der Waals surface area (Å²) in [6.45, 7) is 0. The van der Waals surface area contributed by atoms with Crippen LogP contribution in [0.5, 0.6) is 0 Å². The summed E-state index contributed by atoms with van der Waals surface area (Å²) in [7, 11) is 1.88. The van der Waals surface area contributed by atoms with Gasteiger partial charge in [-0.1, -0.05) is 30.3 Å². The smallest absolute Gasteiger partial charge is 0.267 e. The first-order chi connectivity index (χ1) is 18.9. The van der Waals surface area contributed by atoms with Gasteiger partial charge in [-0.2, -0.15) is 0 Å². The molecular formula is C29H25N7O3. The van der Waals surface area contributed by atoms with E-state index < -0.39 is 11.5 Å². The molecule has 2 amide bonds. The zero-order chi connectivity index (χ0) is 27.1. The molecule has 3 aromatic heterocycles. The minimum atomic E-state index is -0.610. The Balaban J connectivity index is 1.32. The van der Waals surface area contributed by atoms with Crippen molar-refractivity contribution in [2.24, 2.45) is 7.05 Å². The molecule has 1 saturated carbocycles. The third-order valence-corrected chi connectivity index (χ3v) is 6.71. The quantitative estimate of drug-likeness (QED) is 0.314. The van der Waals surface area contributed by atoms with Crippen LogP contribution in [0.15, 0.2) is 84.2 Å². The predicted octanol–water partition coefficient (Wildman–Crippen LogP) is 3.51. The molecule has 0 bridgehead atoms. The molecular weight excluding hydrogens is 494 g/mol. The zero-order valence-electron chi connectivity index (χ0n) is 21.1. The lowest BCUT2D eigenvalue weighted by molar-refractivity contribution is 0.0950. The Labute approximate surface area is 223 Å². The SMILES string of the molecule is Cn1cc(-c2ccc(NC(=O)c3cc(C(=O)NC4CC4)cn(-c4ccccc4)c3=O)cc2)c2c(N)ncnc21. The van der Waals surface area contributed by atoms with Gasteiger partial charge in [0, 0.05) is 42.4 Å². The summed E-state index contributed by atoms with van der Waals surface area (Å²) in [5.74, 6) is -0.548. The molecule has 0 aliphatic heterocycles. The average Bonchev–Trinajstić information content (AvgIpc) is 3.70. The van der Waals surface area contributed by atoms with Crippen LogP contribution in [0.1, 0.15) is 33.6 Å². The highest BCUT2D eigenvalue weighted by Crippen LogP contribution is 2.32. The van der Waals surface area contributed by atoms with Crippen molar-refractivity contribution in [3.05, 3.63) is 101 Å². The van der Waals surface area contributed by atoms with Crippen LogP contribution < -0.4 is 21.9 Å². The molecule has 1 aliphatic carbocycles. The topological polar surface area (TPSA) is 137 Å². The molecule has 4 N–H and O–H groups in total. The number of para-hydroxylation sites is 1. The number of carbonyl (C=O) groups excluding carboxylic acids is 2. The van der Waals surface area contributed by atoms with Crippen LogP contribution in [0.3, 0.4) is 0 Å². The van der Waals surface area contributed by atoms with Gasteiger partial charge in [-0.05, 0) is 48.7 Å². The van der Waals surface area contributed by atoms with Crippen molar-refractivity contribution in [2.75, 3.05) is 11.1 Å². The standard InChI is InChI=1S/C29H25N7O3/c1-35-15-23(24-25(30)31-16-32-26(24)35)17-7-9-19(10-8-17)34-28(38)22-13-18(27(37)33-20-11-12-20)14-36(29(22)39)21-5-3-2-4-6-21/h2-10,13-16,20H,11-12H2,1H3,(H,33,37)(H,34,38)(H2,30,31,32). The van der Waals surface area contributed by atoms with Gasteiger partial charge in [0.05, 0.1) is 10.9 Å². The lowest BCUT2D eigenvalue weighted by Crippen LogP contribution is -2.32. The second-order valence-corrected chi connectivity index (χ2v) is 9.54. The van der Waals surface area contributed by atoms with E-state index in [0.29, 0.717) is 17.2 Å². The number of nitrogens with two attached hydrogens (primary N) is 1. The van der Waals surface area contributed by atoms with Crippen molar-refractivity contribution in [2.45, 2.75) is 18.9 Å². The van der Waals surface area contributed by atoms with Crippen LogP contribution in [0.2, 0.25) is 0 Å². The Morgan fingerprint density at radius 2 is 1.72 bits per heavy atom. The molecule has 0 unspecified atom stereocenters. The third kappa shape index (κ3) is 4.63. The van der Waals surface area contributed by atoms with Gasteiger partial charge in [0.1, 0.15) is 23.4 Å². The van der Waals surface area contributed by atoms with E-state index in [1.807, 2.05) is 36.0 Å². The van der Waals surface area contributed by atoms with Crippen LogP contribution in [0.25, 0.3) is 27.8 Å². The van der Waals surface area contributed by atoms with E-state index in [2.05, 4.69) is 20.6 Å². The van der Waals surface area contributed by atoms with Crippen LogP contribution in [-0.4, -0.2) is 37.0 Å². The Morgan fingerprint density at radius 3 is 2.44 bits per heavy atom. The number of hydrogen-bond acceptors (Lipinski definition) is 6. The Hall–Kier alpha value is -5.25. The summed E-state index contributed by atoms with van der Waals surface area (Å²) >= 11 is 0. The molecule has 2 aromatic carbocycles. The number of nitrogens with zero attached hydrogens (tertiary/aromatic N) is 4. The first-order valence-electron chi connectivity index (χ1n) is 12.5. The third-order valence-electron chi connectivity index (χ3n) is 6.71. The molecule has 0 radical (unpaired) electrons. The summed E-state index contributed by atoms with van der Waals surface area (Å²) in [5, 5.41) is 6.46. The van der Waals surface area contributed by atoms with Crippen molar-refractivity contribution < 1.29 is 9.59 Å². The van der Waals surface area contributed by atoms with Gasteiger partial charge < -0.3 is 20.9 Å². The van der Waals surface area contributed by atoms with Crippen molar-refractivity contribution in [1.82, 2.24) is 24.4 Å². The minimum absolute atomic E-state index is 0.133. The number of nitrogen functional groups attached to an aromatic ring is 1. The molecule has 0 spiro atoms. The maximum atomic E-state index is 13.4. The molecule has 3 heterocycles. The summed E-state index contributed by atoms with van der Waals surface area (Å²) in [5.41, 5.74) is 9.19. The summed E-state index contributed by atoms with van der Waals surface area (Å²) in [6, 6.07) is 17.6. The molecule has 1 fully saturated rings. The van der Waals surface area contributed by atoms with Crippen molar-refractivity contribution >= 4 is 34.4 Å². The molecule has 10 heteroatoms. The maximum absolute atomic E-state index is 13.4. The van der Waals surface area contributed by atoms with E-state index in [1.54, 1.807) is 36.4 Å². The van der Waals surface area contributed by atoms with E-state index in [-0.39, 0.29) is 23.1 Å². The van der Waals surface area contributed by atoms with Gasteiger partial charge in [-0.3, -0.25) is 19.0 Å². The van der Waals surface area contributed by atoms with E-state index in [0.717, 1.165) is 35.0 Å².